The first-order chi connectivity index (χ1) is 2.80. The zero-order valence-electron chi connectivity index (χ0n) is 3.39. The fourth-order valence-electron chi connectivity index (χ4n) is 0.225. The maximum Gasteiger partial charge on any atom is 0.133 e. The predicted molar refractivity (Wildman–Crippen MR) is 26.9 cm³/mol. The number of ether oxygens (including phenoxy) is 1. The van der Waals surface area contributed by atoms with Gasteiger partial charge in [-0.05, 0) is 6.92 Å². The minimum absolute atomic E-state index is 0.843. The van der Waals surface area contributed by atoms with Gasteiger partial charge in [-0.3, -0.25) is 0 Å². The fraction of sp³-hybridized carbons (Fsp3) is 0.250. The van der Waals surface area contributed by atoms with Gasteiger partial charge in [0.05, 0.1) is 4.86 Å². The van der Waals surface area contributed by atoms with E-state index in [-0.39, 0.29) is 0 Å². The first-order valence-corrected chi connectivity index (χ1v) is 2.09. The molecule has 2 radical (unpaired) electrons. The standard InChI is InChI=1S/C4H4OS/c1-3-4(6)2-5-3/h2H,1H3. The Hall–Kier alpha value is 0.0500. The third-order valence-electron chi connectivity index (χ3n) is 0.690. The second-order valence-corrected chi connectivity index (χ2v) is 1.60. The van der Waals surface area contributed by atoms with Crippen molar-refractivity contribution in [2.75, 3.05) is 0 Å². The molecule has 2 heteroatoms. The molecule has 1 fully saturated rings. The van der Waals surface area contributed by atoms with Crippen molar-refractivity contribution in [3.05, 3.63) is 12.7 Å². The number of hydrogen-bond donors (Lipinski definition) is 0. The molecule has 0 saturated carbocycles. The minimum Gasteiger partial charge on any atom is -0.355 e. The van der Waals surface area contributed by atoms with Gasteiger partial charge >= 0.3 is 0 Å². The Morgan fingerprint density at radius 3 is 2.33 bits per heavy atom. The van der Waals surface area contributed by atoms with Crippen LogP contribution in [-0.4, -0.2) is 4.86 Å². The molecule has 0 atom stereocenters. The van der Waals surface area contributed by atoms with E-state index in [1.807, 2.05) is 6.92 Å². The van der Waals surface area contributed by atoms with Crippen LogP contribution in [0.5, 0.6) is 0 Å². The smallest absolute Gasteiger partial charge is 0.133 e. The van der Waals surface area contributed by atoms with Crippen LogP contribution >= 0.6 is 12.2 Å². The van der Waals surface area contributed by atoms with Crippen molar-refractivity contribution in [3.8, 4) is 0 Å². The lowest BCUT2D eigenvalue weighted by Crippen LogP contribution is -2.22. The molecular formula is C4H4OS. The maximum absolute atomic E-state index is 4.69. The summed E-state index contributed by atoms with van der Waals surface area (Å²) in [4.78, 5) is 0.843. The fourth-order valence-corrected chi connectivity index (χ4v) is 0.321. The van der Waals surface area contributed by atoms with Crippen LogP contribution in [0.4, 0.5) is 0 Å². The van der Waals surface area contributed by atoms with Crippen LogP contribution in [0.15, 0.2) is 0 Å². The zero-order chi connectivity index (χ0) is 4.57. The zero-order valence-corrected chi connectivity index (χ0v) is 4.21. The number of hydrogen-bond acceptors (Lipinski definition) is 2. The van der Waals surface area contributed by atoms with Crippen molar-refractivity contribution in [1.82, 2.24) is 0 Å². The highest BCUT2D eigenvalue weighted by Gasteiger charge is 2.20. The molecule has 1 heterocycles. The summed E-state index contributed by atoms with van der Waals surface area (Å²) in [5.41, 5.74) is 0. The molecule has 0 spiro atoms. The van der Waals surface area contributed by atoms with Crippen molar-refractivity contribution in [2.45, 2.75) is 6.92 Å². The molecule has 1 aliphatic heterocycles. The molecule has 0 aromatic rings. The second-order valence-electron chi connectivity index (χ2n) is 1.16. The molecular weight excluding hydrogens is 96.1 g/mol. The van der Waals surface area contributed by atoms with Gasteiger partial charge in [-0.1, -0.05) is 12.2 Å². The summed E-state index contributed by atoms with van der Waals surface area (Å²) >= 11 is 4.69. The quantitative estimate of drug-likeness (QED) is 0.421. The van der Waals surface area contributed by atoms with Gasteiger partial charge in [0.25, 0.3) is 0 Å². The summed E-state index contributed by atoms with van der Waals surface area (Å²) in [6, 6.07) is 0. The van der Waals surface area contributed by atoms with Gasteiger partial charge < -0.3 is 4.74 Å². The topological polar surface area (TPSA) is 9.23 Å². The van der Waals surface area contributed by atoms with Crippen LogP contribution in [0.2, 0.25) is 0 Å². The first-order valence-electron chi connectivity index (χ1n) is 1.68. The molecule has 0 aromatic heterocycles. The van der Waals surface area contributed by atoms with Gasteiger partial charge in [0.15, 0.2) is 0 Å². The molecule has 0 unspecified atom stereocenters. The Morgan fingerprint density at radius 1 is 1.83 bits per heavy atom. The molecule has 1 rings (SSSR count). The third-order valence-corrected chi connectivity index (χ3v) is 1.07. The first kappa shape index (κ1) is 4.22. The Balaban J connectivity index is 2.39. The predicted octanol–water partition coefficient (Wildman–Crippen LogP) is 1.10. The summed E-state index contributed by atoms with van der Waals surface area (Å²) in [6.45, 7) is 3.41. The lowest BCUT2D eigenvalue weighted by atomic mass is 10.2. The minimum atomic E-state index is 0.843. The van der Waals surface area contributed by atoms with E-state index >= 15 is 0 Å². The molecule has 0 bridgehead atoms. The second kappa shape index (κ2) is 1.28. The van der Waals surface area contributed by atoms with Crippen LogP contribution in [0, 0.1) is 12.7 Å². The Labute approximate surface area is 42.3 Å². The van der Waals surface area contributed by atoms with E-state index in [1.165, 1.54) is 0 Å². The van der Waals surface area contributed by atoms with Crippen LogP contribution < -0.4 is 0 Å². The highest BCUT2D eigenvalue weighted by Crippen LogP contribution is 2.19. The van der Waals surface area contributed by atoms with E-state index in [9.17, 15) is 0 Å². The number of thiocarbonyl (C=S) groups is 1. The molecule has 0 N–H and O–H groups in total. The summed E-state index contributed by atoms with van der Waals surface area (Å²) in [5, 5.41) is 0. The Morgan fingerprint density at radius 2 is 2.33 bits per heavy atom. The SMILES string of the molecule is C[C]1O[CH]C1=S. The molecule has 0 amide bonds. The summed E-state index contributed by atoms with van der Waals surface area (Å²) in [5.74, 6) is 0. The highest BCUT2D eigenvalue weighted by atomic mass is 32.1. The third kappa shape index (κ3) is 0.460. The monoisotopic (exact) mass is 100.0 g/mol. The van der Waals surface area contributed by atoms with Crippen molar-refractivity contribution >= 4 is 17.1 Å². The van der Waals surface area contributed by atoms with E-state index in [0.29, 0.717) is 0 Å². The maximum atomic E-state index is 4.69. The number of rotatable bonds is 0. The summed E-state index contributed by atoms with van der Waals surface area (Å²) in [7, 11) is 0. The van der Waals surface area contributed by atoms with Crippen molar-refractivity contribution in [1.29, 1.82) is 0 Å². The molecule has 32 valence electrons. The van der Waals surface area contributed by atoms with Crippen LogP contribution in [0.1, 0.15) is 6.92 Å². The average molecular weight is 100 g/mol. The van der Waals surface area contributed by atoms with Gasteiger partial charge in [0, 0.05) is 0 Å². The van der Waals surface area contributed by atoms with E-state index in [0.717, 1.165) is 11.0 Å². The van der Waals surface area contributed by atoms with Crippen LogP contribution in [-0.2, 0) is 4.74 Å². The van der Waals surface area contributed by atoms with Crippen LogP contribution in [0.25, 0.3) is 0 Å². The normalized spacial score (nSPS) is 23.8. The molecule has 1 saturated heterocycles. The van der Waals surface area contributed by atoms with Gasteiger partial charge in [0.1, 0.15) is 12.7 Å². The van der Waals surface area contributed by atoms with E-state index in [1.54, 1.807) is 6.61 Å². The summed E-state index contributed by atoms with van der Waals surface area (Å²) < 4.78 is 4.69. The van der Waals surface area contributed by atoms with Crippen molar-refractivity contribution in [3.63, 3.8) is 0 Å². The summed E-state index contributed by atoms with van der Waals surface area (Å²) in [6.07, 6.45) is 0.866. The Bertz CT molecular complexity index is 79.6. The van der Waals surface area contributed by atoms with E-state index in [4.69, 9.17) is 4.74 Å². The van der Waals surface area contributed by atoms with E-state index in [2.05, 4.69) is 12.2 Å². The molecule has 0 aromatic carbocycles. The van der Waals surface area contributed by atoms with Gasteiger partial charge in [-0.2, -0.15) is 0 Å². The molecule has 6 heavy (non-hydrogen) atoms. The van der Waals surface area contributed by atoms with Crippen molar-refractivity contribution in [2.24, 2.45) is 0 Å². The highest BCUT2D eigenvalue weighted by molar-refractivity contribution is 7.81. The molecule has 1 nitrogen and oxygen atoms in total. The van der Waals surface area contributed by atoms with Crippen molar-refractivity contribution < 1.29 is 4.74 Å². The lowest BCUT2D eigenvalue weighted by molar-refractivity contribution is 0.234. The molecule has 1 aliphatic rings. The Kier molecular flexibility index (Phi) is 0.898. The lowest BCUT2D eigenvalue weighted by Gasteiger charge is -2.20. The van der Waals surface area contributed by atoms with E-state index < -0.39 is 0 Å². The van der Waals surface area contributed by atoms with Gasteiger partial charge in [-0.25, -0.2) is 0 Å². The van der Waals surface area contributed by atoms with Crippen LogP contribution in [0.3, 0.4) is 0 Å². The molecule has 0 aliphatic carbocycles. The van der Waals surface area contributed by atoms with Gasteiger partial charge in [0.2, 0.25) is 0 Å². The van der Waals surface area contributed by atoms with Gasteiger partial charge in [-0.15, -0.1) is 0 Å². The average Bonchev–Trinajstić information content (AvgIpc) is 1.61. The largest absolute Gasteiger partial charge is 0.355 e.